The molecule has 340 valence electrons. The number of thioether (sulfide) groups is 1. The van der Waals surface area contributed by atoms with Gasteiger partial charge >= 0.3 is 6.03 Å². The number of urea groups is 1. The Labute approximate surface area is 359 Å². The zero-order valence-corrected chi connectivity index (χ0v) is 37.1. The number of amides is 6. The number of imide groups is 1. The van der Waals surface area contributed by atoms with Crippen molar-refractivity contribution < 1.29 is 51.3 Å². The summed E-state index contributed by atoms with van der Waals surface area (Å²) in [5, 5.41) is 14.9. The van der Waals surface area contributed by atoms with Gasteiger partial charge in [-0.15, -0.1) is 0 Å². The number of carbonyl (C=O) groups excluding carboxylic acids is 5. The Morgan fingerprint density at radius 3 is 2.00 bits per heavy atom. The summed E-state index contributed by atoms with van der Waals surface area (Å²) in [6.07, 6.45) is 4.03. The van der Waals surface area contributed by atoms with Crippen LogP contribution in [0.2, 0.25) is 0 Å². The van der Waals surface area contributed by atoms with Crippen LogP contribution in [0.25, 0.3) is 0 Å². The Kier molecular flexibility index (Phi) is 24.0. The van der Waals surface area contributed by atoms with Gasteiger partial charge in [-0.3, -0.25) is 24.1 Å². The molecule has 0 radical (unpaired) electrons. The summed E-state index contributed by atoms with van der Waals surface area (Å²) in [5.41, 5.74) is -0.300. The topological polar surface area (TPSA) is 223 Å². The molecule has 5 N–H and O–H groups in total. The van der Waals surface area contributed by atoms with Crippen molar-refractivity contribution in [1.29, 1.82) is 0 Å². The molecule has 1 aromatic carbocycles. The van der Waals surface area contributed by atoms with E-state index in [0.717, 1.165) is 37.0 Å². The van der Waals surface area contributed by atoms with E-state index in [-0.39, 0.29) is 81.7 Å². The van der Waals surface area contributed by atoms with Crippen LogP contribution in [0.4, 0.5) is 4.79 Å². The molecular weight excluding hydrogens is 819 g/mol. The van der Waals surface area contributed by atoms with E-state index in [1.165, 1.54) is 9.21 Å². The highest BCUT2D eigenvalue weighted by Gasteiger charge is 2.53. The number of likely N-dealkylation sites (N-methyl/N-ethyl adjacent to an activating group) is 1. The van der Waals surface area contributed by atoms with Gasteiger partial charge in [0.1, 0.15) is 5.54 Å². The predicted molar refractivity (Wildman–Crippen MR) is 229 cm³/mol. The fourth-order valence-electron chi connectivity index (χ4n) is 7.04. The second-order valence-electron chi connectivity index (χ2n) is 14.3. The van der Waals surface area contributed by atoms with Gasteiger partial charge in [-0.2, -0.15) is 11.8 Å². The first-order chi connectivity index (χ1) is 29.1. The lowest BCUT2D eigenvalue weighted by atomic mass is 9.88. The van der Waals surface area contributed by atoms with Crippen molar-refractivity contribution in [3.8, 4) is 0 Å². The van der Waals surface area contributed by atoms with Gasteiger partial charge in [0.05, 0.1) is 71.2 Å². The van der Waals surface area contributed by atoms with Gasteiger partial charge in [0.2, 0.25) is 28.2 Å². The summed E-state index contributed by atoms with van der Waals surface area (Å²) >= 11 is 1.86. The third-order valence-electron chi connectivity index (χ3n) is 10.3. The van der Waals surface area contributed by atoms with Crippen LogP contribution < -0.4 is 26.6 Å². The zero-order valence-electron chi connectivity index (χ0n) is 35.5. The van der Waals surface area contributed by atoms with Gasteiger partial charge in [0.15, 0.2) is 0 Å². The summed E-state index contributed by atoms with van der Waals surface area (Å²) in [6.45, 7) is 7.81. The molecule has 18 nitrogen and oxygen atoms in total. The minimum absolute atomic E-state index is 0.00311. The monoisotopic (exact) mass is 885 g/mol. The molecule has 0 bridgehead atoms. The summed E-state index contributed by atoms with van der Waals surface area (Å²) in [4.78, 5) is 62.3. The van der Waals surface area contributed by atoms with E-state index in [4.69, 9.17) is 18.9 Å². The first kappa shape index (κ1) is 51.0. The molecule has 20 heteroatoms. The Morgan fingerprint density at radius 2 is 1.43 bits per heavy atom. The van der Waals surface area contributed by atoms with Gasteiger partial charge in [-0.1, -0.05) is 50.6 Å². The average Bonchev–Trinajstić information content (AvgIpc) is 3.74. The summed E-state index contributed by atoms with van der Waals surface area (Å²) in [7, 11) is -1.83. The maximum Gasteiger partial charge on any atom is 0.325 e. The van der Waals surface area contributed by atoms with Crippen LogP contribution in [0.3, 0.4) is 0 Å². The Balaban J connectivity index is 0.00000473. The molecule has 3 fully saturated rings. The Morgan fingerprint density at radius 1 is 0.867 bits per heavy atom. The highest BCUT2D eigenvalue weighted by molar-refractivity contribution is 8.00. The number of carbonyl (C=O) groups is 5. The van der Waals surface area contributed by atoms with E-state index >= 15 is 0 Å². The number of rotatable bonds is 29. The maximum absolute atomic E-state index is 13.2. The number of benzene rings is 1. The molecule has 3 heterocycles. The first-order valence-corrected chi connectivity index (χ1v) is 23.7. The maximum atomic E-state index is 13.2. The molecule has 4 rings (SSSR count). The van der Waals surface area contributed by atoms with Gasteiger partial charge in [-0.25, -0.2) is 17.5 Å². The number of nitrogens with one attached hydrogen (secondary N) is 5. The highest BCUT2D eigenvalue weighted by Crippen LogP contribution is 2.32. The third-order valence-corrected chi connectivity index (χ3v) is 13.7. The molecule has 0 aromatic heterocycles. The predicted octanol–water partition coefficient (Wildman–Crippen LogP) is 0.996. The van der Waals surface area contributed by atoms with Crippen molar-refractivity contribution in [2.45, 2.75) is 88.2 Å². The summed E-state index contributed by atoms with van der Waals surface area (Å²) < 4.78 is 49.1. The fraction of sp³-hybridized carbons (Fsp3) is 0.725. The third kappa shape index (κ3) is 17.2. The summed E-state index contributed by atoms with van der Waals surface area (Å²) in [6, 6.07) is 9.09. The van der Waals surface area contributed by atoms with Crippen molar-refractivity contribution in [2.24, 2.45) is 0 Å². The standard InChI is InChI=1S/C38H61N7O11S2.C2H6/c1-39-31-28-57-32(35(31)42-29-46)9-5-6-10-33(47)40-14-18-53-20-22-55-24-25-56-23-21-54-19-15-41-34(48)11-26-58(51,52)44-16-12-38(13-17-44)36(49)45(37(50)43-38)27-30-7-3-2-4-8-30;1-2/h2-4,7-8,29,31-32,35,39H,5-6,9-28H2,1H3,(H,40,47)(H,41,48)(H,42,46)(H,43,50);1-2H3/t31-,32?,35-;/m0./s1. The van der Waals surface area contributed by atoms with Crippen LogP contribution >= 0.6 is 11.8 Å². The van der Waals surface area contributed by atoms with Crippen molar-refractivity contribution in [3.05, 3.63) is 35.9 Å². The van der Waals surface area contributed by atoms with E-state index < -0.39 is 27.5 Å². The van der Waals surface area contributed by atoms with Crippen molar-refractivity contribution in [2.75, 3.05) is 97.6 Å². The molecule has 3 saturated heterocycles. The average molecular weight is 886 g/mol. The molecule has 60 heavy (non-hydrogen) atoms. The largest absolute Gasteiger partial charge is 0.377 e. The number of piperidine rings is 1. The number of unbranched alkanes of at least 4 members (excludes halogenated alkanes) is 1. The van der Waals surface area contributed by atoms with E-state index in [9.17, 15) is 32.4 Å². The SMILES string of the molecule is CC.CN[C@H]1CSC(CCCCC(=O)NCCOCCOCCOCCOCCNC(=O)CCS(=O)(=O)N2CCC3(CC2)NC(=O)N(Cc2ccccc2)C3=O)[C@H]1NC=O. The molecule has 3 atom stereocenters. The lowest BCUT2D eigenvalue weighted by Gasteiger charge is -2.36. The summed E-state index contributed by atoms with van der Waals surface area (Å²) in [5.74, 6) is -0.153. The van der Waals surface area contributed by atoms with Gasteiger partial charge in [0, 0.05) is 56.1 Å². The van der Waals surface area contributed by atoms with Crippen molar-refractivity contribution >= 4 is 51.9 Å². The normalized spacial score (nSPS) is 20.1. The lowest BCUT2D eigenvalue weighted by Crippen LogP contribution is -2.56. The molecule has 3 aliphatic heterocycles. The van der Waals surface area contributed by atoms with Crippen molar-refractivity contribution in [1.82, 2.24) is 35.8 Å². The van der Waals surface area contributed by atoms with Crippen LogP contribution in [-0.4, -0.2) is 168 Å². The number of hydrogen-bond donors (Lipinski definition) is 5. The molecule has 0 saturated carbocycles. The Hall–Kier alpha value is -3.37. The van der Waals surface area contributed by atoms with Crippen molar-refractivity contribution in [3.63, 3.8) is 0 Å². The molecule has 1 unspecified atom stereocenters. The number of hydrogen-bond acceptors (Lipinski definition) is 13. The smallest absolute Gasteiger partial charge is 0.325 e. The second kappa shape index (κ2) is 28.3. The minimum atomic E-state index is -3.74. The van der Waals surface area contributed by atoms with Crippen LogP contribution in [0.1, 0.15) is 64.4 Å². The molecule has 1 spiro atoms. The zero-order chi connectivity index (χ0) is 43.6. The van der Waals surface area contributed by atoms with Crippen LogP contribution in [0.5, 0.6) is 0 Å². The number of nitrogens with zero attached hydrogens (tertiary/aromatic N) is 2. The van der Waals surface area contributed by atoms with Crippen LogP contribution in [-0.2, 0) is 54.7 Å². The number of sulfonamides is 1. The van der Waals surface area contributed by atoms with E-state index in [0.29, 0.717) is 64.5 Å². The quantitative estimate of drug-likeness (QED) is 0.0431. The second-order valence-corrected chi connectivity index (χ2v) is 17.7. The molecule has 6 amide bonds. The highest BCUT2D eigenvalue weighted by atomic mass is 32.2. The van der Waals surface area contributed by atoms with Gasteiger partial charge < -0.3 is 45.5 Å². The molecule has 0 aliphatic carbocycles. The minimum Gasteiger partial charge on any atom is -0.377 e. The van der Waals surface area contributed by atoms with Gasteiger partial charge in [-0.05, 0) is 38.3 Å². The van der Waals surface area contributed by atoms with E-state index in [1.54, 1.807) is 0 Å². The van der Waals surface area contributed by atoms with E-state index in [2.05, 4.69) is 26.6 Å². The molecule has 3 aliphatic rings. The van der Waals surface area contributed by atoms with Gasteiger partial charge in [0.25, 0.3) is 5.91 Å². The van der Waals surface area contributed by atoms with Crippen LogP contribution in [0.15, 0.2) is 30.3 Å². The van der Waals surface area contributed by atoms with E-state index in [1.807, 2.05) is 63.0 Å². The number of ether oxygens (including phenoxy) is 4. The van der Waals surface area contributed by atoms with Crippen LogP contribution in [0, 0.1) is 0 Å². The fourth-order valence-corrected chi connectivity index (χ4v) is 10.1. The molecule has 1 aromatic rings. The Bertz CT molecular complexity index is 1550. The first-order valence-electron chi connectivity index (χ1n) is 21.1. The molecular formula is C40H67N7O11S2. The lowest BCUT2D eigenvalue weighted by molar-refractivity contribution is -0.133.